The number of hydrogen-bond acceptors (Lipinski definition) is 4. The summed E-state index contributed by atoms with van der Waals surface area (Å²) in [5.41, 5.74) is 2.28. The number of anilines is 1. The predicted molar refractivity (Wildman–Crippen MR) is 96.9 cm³/mol. The highest BCUT2D eigenvalue weighted by molar-refractivity contribution is 6.04. The summed E-state index contributed by atoms with van der Waals surface area (Å²) < 4.78 is 10.6. The number of carbonyl (C=O) groups excluding carboxylic acids is 2. The van der Waals surface area contributed by atoms with Crippen LogP contribution in [0.5, 0.6) is 5.75 Å². The van der Waals surface area contributed by atoms with E-state index < -0.39 is 12.1 Å². The lowest BCUT2D eigenvalue weighted by Gasteiger charge is -2.16. The Morgan fingerprint density at radius 2 is 1.60 bits per heavy atom. The fraction of sp³-hybridized carbons (Fsp3) is 0.300. The Hall–Kier alpha value is -2.82. The smallest absolute Gasteiger partial charge is 0.347 e. The molecule has 0 aliphatic carbocycles. The van der Waals surface area contributed by atoms with E-state index in [0.29, 0.717) is 11.3 Å². The Morgan fingerprint density at radius 1 is 0.960 bits per heavy atom. The molecule has 0 aliphatic heterocycles. The average Bonchev–Trinajstić information content (AvgIpc) is 2.57. The van der Waals surface area contributed by atoms with Crippen LogP contribution in [-0.2, 0) is 9.53 Å². The molecule has 1 atom stereocenters. The van der Waals surface area contributed by atoms with Crippen LogP contribution in [0.2, 0.25) is 0 Å². The Bertz CT molecular complexity index is 738. The van der Waals surface area contributed by atoms with Gasteiger partial charge in [0.15, 0.2) is 6.10 Å². The van der Waals surface area contributed by atoms with E-state index in [-0.39, 0.29) is 12.0 Å². The number of aryl methyl sites for hydroxylation is 1. The van der Waals surface area contributed by atoms with Gasteiger partial charge in [-0.05, 0) is 63.6 Å². The van der Waals surface area contributed by atoms with E-state index in [1.165, 1.54) is 0 Å². The maximum atomic E-state index is 12.3. The summed E-state index contributed by atoms with van der Waals surface area (Å²) in [4.78, 5) is 24.1. The monoisotopic (exact) mass is 341 g/mol. The van der Waals surface area contributed by atoms with E-state index in [1.807, 2.05) is 31.2 Å². The van der Waals surface area contributed by atoms with Gasteiger partial charge in [-0.1, -0.05) is 18.2 Å². The van der Waals surface area contributed by atoms with Gasteiger partial charge in [-0.25, -0.2) is 4.79 Å². The molecule has 2 aromatic rings. The van der Waals surface area contributed by atoms with Gasteiger partial charge in [0.05, 0.1) is 6.10 Å². The number of nitrogens with one attached hydrogen (secondary N) is 1. The molecule has 1 amide bonds. The van der Waals surface area contributed by atoms with Crippen molar-refractivity contribution < 1.29 is 19.1 Å². The molecule has 5 nitrogen and oxygen atoms in total. The SMILES string of the molecule is Cc1ccccc1NC(=O)c1ccc(O[C@H](C)C(=O)OC(C)C)cc1. The van der Waals surface area contributed by atoms with Crippen molar-refractivity contribution in [1.29, 1.82) is 0 Å². The molecule has 0 saturated heterocycles. The third-order valence-electron chi connectivity index (χ3n) is 3.51. The first kappa shape index (κ1) is 18.5. The molecule has 5 heteroatoms. The lowest BCUT2D eigenvalue weighted by molar-refractivity contribution is -0.154. The molecule has 0 bridgehead atoms. The molecule has 0 radical (unpaired) electrons. The van der Waals surface area contributed by atoms with Crippen LogP contribution in [0, 0.1) is 6.92 Å². The van der Waals surface area contributed by atoms with Crippen LogP contribution < -0.4 is 10.1 Å². The molecule has 132 valence electrons. The van der Waals surface area contributed by atoms with Crippen LogP contribution in [0.3, 0.4) is 0 Å². The number of carbonyl (C=O) groups is 2. The topological polar surface area (TPSA) is 64.6 Å². The summed E-state index contributed by atoms with van der Waals surface area (Å²) in [6.07, 6.45) is -0.903. The number of hydrogen-bond donors (Lipinski definition) is 1. The maximum absolute atomic E-state index is 12.3. The van der Waals surface area contributed by atoms with Crippen molar-refractivity contribution in [2.45, 2.75) is 39.9 Å². The van der Waals surface area contributed by atoms with Gasteiger partial charge in [0.25, 0.3) is 5.91 Å². The molecule has 0 aliphatic rings. The molecule has 0 saturated carbocycles. The van der Waals surface area contributed by atoms with Crippen molar-refractivity contribution in [3.05, 3.63) is 59.7 Å². The first-order chi connectivity index (χ1) is 11.9. The Balaban J connectivity index is 1.98. The van der Waals surface area contributed by atoms with Crippen molar-refractivity contribution in [2.24, 2.45) is 0 Å². The zero-order valence-corrected chi connectivity index (χ0v) is 14.9. The standard InChI is InChI=1S/C20H23NO4/c1-13(2)24-20(23)15(4)25-17-11-9-16(10-12-17)19(22)21-18-8-6-5-7-14(18)3/h5-13,15H,1-4H3,(H,21,22)/t15-/m1/s1. The van der Waals surface area contributed by atoms with Gasteiger partial charge in [0.2, 0.25) is 0 Å². The highest BCUT2D eigenvalue weighted by Gasteiger charge is 2.17. The third-order valence-corrected chi connectivity index (χ3v) is 3.51. The molecule has 0 spiro atoms. The van der Waals surface area contributed by atoms with Gasteiger partial charge in [-0.15, -0.1) is 0 Å². The first-order valence-corrected chi connectivity index (χ1v) is 8.21. The zero-order chi connectivity index (χ0) is 18.4. The van der Waals surface area contributed by atoms with Crippen molar-refractivity contribution in [1.82, 2.24) is 0 Å². The van der Waals surface area contributed by atoms with Crippen molar-refractivity contribution in [3.8, 4) is 5.75 Å². The fourth-order valence-corrected chi connectivity index (χ4v) is 2.17. The molecule has 2 rings (SSSR count). The van der Waals surface area contributed by atoms with Gasteiger partial charge >= 0.3 is 5.97 Å². The van der Waals surface area contributed by atoms with E-state index >= 15 is 0 Å². The number of para-hydroxylation sites is 1. The average molecular weight is 341 g/mol. The summed E-state index contributed by atoms with van der Waals surface area (Å²) in [5.74, 6) is -0.120. The summed E-state index contributed by atoms with van der Waals surface area (Å²) in [6, 6.07) is 14.2. The minimum Gasteiger partial charge on any atom is -0.479 e. The lowest BCUT2D eigenvalue weighted by Crippen LogP contribution is -2.28. The molecule has 1 N–H and O–H groups in total. The van der Waals surface area contributed by atoms with Gasteiger partial charge in [-0.3, -0.25) is 4.79 Å². The predicted octanol–water partition coefficient (Wildman–Crippen LogP) is 3.97. The Morgan fingerprint density at radius 3 is 2.20 bits per heavy atom. The highest BCUT2D eigenvalue weighted by atomic mass is 16.6. The van der Waals surface area contributed by atoms with Gasteiger partial charge in [0, 0.05) is 11.3 Å². The quantitative estimate of drug-likeness (QED) is 0.808. The van der Waals surface area contributed by atoms with Crippen LogP contribution in [0.1, 0.15) is 36.7 Å². The van der Waals surface area contributed by atoms with Crippen LogP contribution in [-0.4, -0.2) is 24.1 Å². The first-order valence-electron chi connectivity index (χ1n) is 8.21. The minimum atomic E-state index is -0.714. The Labute approximate surface area is 148 Å². The number of esters is 1. The molecular formula is C20H23NO4. The largest absolute Gasteiger partial charge is 0.479 e. The van der Waals surface area contributed by atoms with Gasteiger partial charge in [0.1, 0.15) is 5.75 Å². The second kappa shape index (κ2) is 8.33. The summed E-state index contributed by atoms with van der Waals surface area (Å²) >= 11 is 0. The maximum Gasteiger partial charge on any atom is 0.347 e. The molecule has 0 heterocycles. The van der Waals surface area contributed by atoms with E-state index in [0.717, 1.165) is 11.3 Å². The number of amides is 1. The number of rotatable bonds is 6. The van der Waals surface area contributed by atoms with Crippen molar-refractivity contribution in [2.75, 3.05) is 5.32 Å². The fourth-order valence-electron chi connectivity index (χ4n) is 2.17. The zero-order valence-electron chi connectivity index (χ0n) is 14.9. The molecular weight excluding hydrogens is 318 g/mol. The van der Waals surface area contributed by atoms with Gasteiger partial charge < -0.3 is 14.8 Å². The minimum absolute atomic E-state index is 0.189. The van der Waals surface area contributed by atoms with Crippen LogP contribution >= 0.6 is 0 Å². The van der Waals surface area contributed by atoms with Crippen LogP contribution in [0.15, 0.2) is 48.5 Å². The Kier molecular flexibility index (Phi) is 6.17. The van der Waals surface area contributed by atoms with Crippen molar-refractivity contribution in [3.63, 3.8) is 0 Å². The number of ether oxygens (including phenoxy) is 2. The van der Waals surface area contributed by atoms with E-state index in [1.54, 1.807) is 45.0 Å². The van der Waals surface area contributed by atoms with E-state index in [9.17, 15) is 9.59 Å². The summed E-state index contributed by atoms with van der Waals surface area (Å²) in [5, 5.41) is 2.87. The normalized spacial score (nSPS) is 11.7. The molecule has 25 heavy (non-hydrogen) atoms. The molecule has 0 fully saturated rings. The molecule has 2 aromatic carbocycles. The highest BCUT2D eigenvalue weighted by Crippen LogP contribution is 2.18. The lowest BCUT2D eigenvalue weighted by atomic mass is 10.1. The second-order valence-electron chi connectivity index (χ2n) is 6.04. The van der Waals surface area contributed by atoms with Crippen LogP contribution in [0.4, 0.5) is 5.69 Å². The third kappa shape index (κ3) is 5.35. The summed E-state index contributed by atoms with van der Waals surface area (Å²) in [6.45, 7) is 7.13. The second-order valence-corrected chi connectivity index (χ2v) is 6.04. The molecule has 0 unspecified atom stereocenters. The molecule has 0 aromatic heterocycles. The van der Waals surface area contributed by atoms with Crippen LogP contribution in [0.25, 0.3) is 0 Å². The van der Waals surface area contributed by atoms with E-state index in [2.05, 4.69) is 5.32 Å². The van der Waals surface area contributed by atoms with Crippen molar-refractivity contribution >= 4 is 17.6 Å². The number of benzene rings is 2. The summed E-state index contributed by atoms with van der Waals surface area (Å²) in [7, 11) is 0. The van der Waals surface area contributed by atoms with E-state index in [4.69, 9.17) is 9.47 Å². The van der Waals surface area contributed by atoms with Gasteiger partial charge in [-0.2, -0.15) is 0 Å².